The second kappa shape index (κ2) is 5.41. The molecule has 0 aliphatic carbocycles. The largest absolute Gasteiger partial charge is 0.235 e. The molecule has 0 aromatic heterocycles. The van der Waals surface area contributed by atoms with Gasteiger partial charge in [-0.2, -0.15) is 0 Å². The van der Waals surface area contributed by atoms with Gasteiger partial charge in [-0.25, -0.2) is 9.79 Å². The highest BCUT2D eigenvalue weighted by Crippen LogP contribution is 1.76. The maximum atomic E-state index is 9.31. The van der Waals surface area contributed by atoms with Gasteiger partial charge in [0.05, 0.1) is 6.54 Å². The van der Waals surface area contributed by atoms with Gasteiger partial charge >= 0.3 is 0 Å². The molecule has 0 aromatic rings. The van der Waals surface area contributed by atoms with Gasteiger partial charge in [-0.3, -0.25) is 0 Å². The van der Waals surface area contributed by atoms with Crippen LogP contribution in [0.2, 0.25) is 0 Å². The van der Waals surface area contributed by atoms with E-state index in [-0.39, 0.29) is 0 Å². The minimum atomic E-state index is 0.326. The van der Waals surface area contributed by atoms with Crippen LogP contribution >= 0.6 is 11.6 Å². The van der Waals surface area contributed by atoms with E-state index in [1.165, 1.54) is 11.6 Å². The standard InChI is InChI=1S/C4H4ClNO/c5-2-1-3-6-4-7/h1-2H,3H2/b2-1+. The molecular formula is C4H4ClNO. The molecule has 0 saturated carbocycles. The molecule has 0 rings (SSSR count). The van der Waals surface area contributed by atoms with Crippen molar-refractivity contribution in [3.8, 4) is 0 Å². The summed E-state index contributed by atoms with van der Waals surface area (Å²) >= 11 is 5.07. The zero-order chi connectivity index (χ0) is 5.54. The smallest absolute Gasteiger partial charge is 0.211 e. The van der Waals surface area contributed by atoms with Crippen molar-refractivity contribution in [1.29, 1.82) is 0 Å². The molecule has 0 heterocycles. The SMILES string of the molecule is O=C=NC/C=C/Cl. The van der Waals surface area contributed by atoms with Crippen LogP contribution < -0.4 is 0 Å². The fourth-order valence-corrected chi connectivity index (χ4v) is 0.209. The number of rotatable bonds is 2. The van der Waals surface area contributed by atoms with Crippen LogP contribution in [0.3, 0.4) is 0 Å². The Morgan fingerprint density at radius 3 is 3.00 bits per heavy atom. The zero-order valence-corrected chi connectivity index (χ0v) is 4.35. The molecule has 0 aliphatic heterocycles. The van der Waals surface area contributed by atoms with Gasteiger partial charge in [-0.15, -0.1) is 0 Å². The third kappa shape index (κ3) is 5.41. The van der Waals surface area contributed by atoms with Crippen molar-refractivity contribution < 1.29 is 4.79 Å². The maximum Gasteiger partial charge on any atom is 0.235 e. The van der Waals surface area contributed by atoms with Crippen molar-refractivity contribution in [2.75, 3.05) is 6.54 Å². The van der Waals surface area contributed by atoms with E-state index < -0.39 is 0 Å². The Balaban J connectivity index is 3.15. The lowest BCUT2D eigenvalue weighted by atomic mass is 10.7. The van der Waals surface area contributed by atoms with Gasteiger partial charge in [0.1, 0.15) is 0 Å². The molecule has 38 valence electrons. The van der Waals surface area contributed by atoms with Gasteiger partial charge in [-0.1, -0.05) is 17.7 Å². The summed E-state index contributed by atoms with van der Waals surface area (Å²) in [5.41, 5.74) is 1.31. The molecule has 0 unspecified atom stereocenters. The van der Waals surface area contributed by atoms with E-state index in [9.17, 15) is 4.79 Å². The first kappa shape index (κ1) is 6.41. The minimum absolute atomic E-state index is 0.326. The first-order valence-corrected chi connectivity index (χ1v) is 2.14. The van der Waals surface area contributed by atoms with E-state index >= 15 is 0 Å². The highest BCUT2D eigenvalue weighted by molar-refractivity contribution is 6.25. The molecule has 0 aliphatic rings. The lowest BCUT2D eigenvalue weighted by Gasteiger charge is -1.67. The molecule has 7 heavy (non-hydrogen) atoms. The number of aliphatic imine (C=N–C) groups is 1. The summed E-state index contributed by atoms with van der Waals surface area (Å²) in [7, 11) is 0. The summed E-state index contributed by atoms with van der Waals surface area (Å²) in [6.07, 6.45) is 2.92. The van der Waals surface area contributed by atoms with Crippen LogP contribution in [0.4, 0.5) is 0 Å². The van der Waals surface area contributed by atoms with E-state index in [0.717, 1.165) is 0 Å². The highest BCUT2D eigenvalue weighted by Gasteiger charge is 1.63. The summed E-state index contributed by atoms with van der Waals surface area (Å²) in [6, 6.07) is 0. The maximum absolute atomic E-state index is 9.31. The molecule has 0 fully saturated rings. The first-order chi connectivity index (χ1) is 3.41. The van der Waals surface area contributed by atoms with Gasteiger partial charge in [0.25, 0.3) is 0 Å². The highest BCUT2D eigenvalue weighted by atomic mass is 35.5. The summed E-state index contributed by atoms with van der Waals surface area (Å²) in [5.74, 6) is 0. The van der Waals surface area contributed by atoms with Crippen LogP contribution in [-0.4, -0.2) is 12.6 Å². The number of halogens is 1. The van der Waals surface area contributed by atoms with Crippen LogP contribution in [0.15, 0.2) is 16.6 Å². The van der Waals surface area contributed by atoms with Crippen molar-refractivity contribution in [1.82, 2.24) is 0 Å². The molecule has 0 N–H and O–H groups in total. The van der Waals surface area contributed by atoms with Gasteiger partial charge in [-0.05, 0) is 0 Å². The lowest BCUT2D eigenvalue weighted by Crippen LogP contribution is -1.64. The molecule has 2 nitrogen and oxygen atoms in total. The Hall–Kier alpha value is -0.590. The number of carbonyl (C=O) groups excluding carboxylic acids is 1. The zero-order valence-electron chi connectivity index (χ0n) is 3.60. The molecule has 0 bridgehead atoms. The molecule has 0 aromatic carbocycles. The average Bonchev–Trinajstić information content (AvgIpc) is 1.69. The monoisotopic (exact) mass is 117 g/mol. The Morgan fingerprint density at radius 1 is 1.86 bits per heavy atom. The van der Waals surface area contributed by atoms with Crippen molar-refractivity contribution in [3.63, 3.8) is 0 Å². The van der Waals surface area contributed by atoms with Crippen molar-refractivity contribution in [3.05, 3.63) is 11.6 Å². The van der Waals surface area contributed by atoms with Crippen LogP contribution in [0, 0.1) is 0 Å². The Bertz CT molecular complexity index is 104. The number of nitrogens with zero attached hydrogens (tertiary/aromatic N) is 1. The third-order valence-electron chi connectivity index (χ3n) is 0.350. The predicted molar refractivity (Wildman–Crippen MR) is 28.0 cm³/mol. The summed E-state index contributed by atoms with van der Waals surface area (Å²) in [5, 5.41) is 0. The fraction of sp³-hybridized carbons (Fsp3) is 0.250. The Morgan fingerprint density at radius 2 is 2.57 bits per heavy atom. The van der Waals surface area contributed by atoms with E-state index in [1.54, 1.807) is 6.08 Å². The Kier molecular flexibility index (Phi) is 4.95. The van der Waals surface area contributed by atoms with Crippen molar-refractivity contribution in [2.24, 2.45) is 4.99 Å². The number of isocyanates is 1. The molecule has 0 amide bonds. The second-order valence-corrected chi connectivity index (χ2v) is 1.05. The minimum Gasteiger partial charge on any atom is -0.211 e. The van der Waals surface area contributed by atoms with Crippen LogP contribution in [0.25, 0.3) is 0 Å². The first-order valence-electron chi connectivity index (χ1n) is 1.70. The van der Waals surface area contributed by atoms with E-state index in [1.807, 2.05) is 0 Å². The molecule has 0 atom stereocenters. The van der Waals surface area contributed by atoms with Crippen LogP contribution in [-0.2, 0) is 4.79 Å². The average molecular weight is 118 g/mol. The molecule has 3 heteroatoms. The second-order valence-electron chi connectivity index (χ2n) is 0.794. The molecule has 0 spiro atoms. The summed E-state index contributed by atoms with van der Waals surface area (Å²) in [4.78, 5) is 12.5. The normalized spacial score (nSPS) is 8.71. The number of hydrogen-bond acceptors (Lipinski definition) is 2. The van der Waals surface area contributed by atoms with Gasteiger partial charge < -0.3 is 0 Å². The van der Waals surface area contributed by atoms with Crippen molar-refractivity contribution in [2.45, 2.75) is 0 Å². The van der Waals surface area contributed by atoms with Crippen LogP contribution in [0.5, 0.6) is 0 Å². The van der Waals surface area contributed by atoms with Gasteiger partial charge in [0, 0.05) is 5.54 Å². The van der Waals surface area contributed by atoms with E-state index in [4.69, 9.17) is 11.6 Å². The molecule has 0 radical (unpaired) electrons. The quantitative estimate of drug-likeness (QED) is 0.393. The molecular weight excluding hydrogens is 114 g/mol. The van der Waals surface area contributed by atoms with Crippen molar-refractivity contribution >= 4 is 17.7 Å². The van der Waals surface area contributed by atoms with Gasteiger partial charge in [0.2, 0.25) is 6.08 Å². The topological polar surface area (TPSA) is 29.4 Å². The number of hydrogen-bond donors (Lipinski definition) is 0. The Labute approximate surface area is 46.5 Å². The van der Waals surface area contributed by atoms with Crippen LogP contribution in [0.1, 0.15) is 0 Å². The van der Waals surface area contributed by atoms with Gasteiger partial charge in [0.15, 0.2) is 0 Å². The van der Waals surface area contributed by atoms with E-state index in [2.05, 4.69) is 4.99 Å². The fourth-order valence-electron chi connectivity index (χ4n) is 0.130. The molecule has 0 saturated heterocycles. The lowest BCUT2D eigenvalue weighted by molar-refractivity contribution is 0.564. The summed E-state index contributed by atoms with van der Waals surface area (Å²) in [6.45, 7) is 0.326. The predicted octanol–water partition coefficient (Wildman–Crippen LogP) is 1.07. The third-order valence-corrected chi connectivity index (χ3v) is 0.529. The van der Waals surface area contributed by atoms with E-state index in [0.29, 0.717) is 6.54 Å². The summed E-state index contributed by atoms with van der Waals surface area (Å²) < 4.78 is 0.